The second-order valence-electron chi connectivity index (χ2n) is 5.60. The predicted octanol–water partition coefficient (Wildman–Crippen LogP) is -0.521. The number of nitrogens with zero attached hydrogens (tertiary/aromatic N) is 3. The summed E-state index contributed by atoms with van der Waals surface area (Å²) in [5, 5.41) is 20.9. The molecule has 1 saturated heterocycles. The van der Waals surface area contributed by atoms with E-state index in [1.165, 1.54) is 18.2 Å². The topological polar surface area (TPSA) is 194 Å². The Bertz CT molecular complexity index is 1140. The lowest BCUT2D eigenvalue weighted by Gasteiger charge is -2.22. The molecule has 2 heterocycles. The van der Waals surface area contributed by atoms with E-state index in [0.717, 1.165) is 11.3 Å². The number of hydrogen-bond donors (Lipinski definition) is 5. The Morgan fingerprint density at radius 1 is 1.33 bits per heavy atom. The smallest absolute Gasteiger partial charge is 0.275 e. The van der Waals surface area contributed by atoms with E-state index in [-0.39, 0.29) is 21.0 Å². The van der Waals surface area contributed by atoms with Crippen LogP contribution in [0.25, 0.3) is 10.2 Å². The first-order chi connectivity index (χ1) is 14.2. The van der Waals surface area contributed by atoms with Crippen LogP contribution in [0, 0.1) is 16.0 Å². The Morgan fingerprint density at radius 2 is 2.00 bits per heavy atom. The van der Waals surface area contributed by atoms with Crippen molar-refractivity contribution < 1.29 is 19.3 Å². The number of nitrogens with two attached hydrogens (primary N) is 1. The Hall–Kier alpha value is -3.63. The molecular weight excluding hydrogens is 456 g/mol. The Morgan fingerprint density at radius 3 is 2.60 bits per heavy atom. The maximum Gasteiger partial charge on any atom is 0.275 e. The number of hydrazone groups is 1. The zero-order valence-corrected chi connectivity index (χ0v) is 16.9. The summed E-state index contributed by atoms with van der Waals surface area (Å²) in [7, 11) is 0. The Balaban J connectivity index is 1.90. The number of fused-ring (bicyclic) bond motifs is 1. The summed E-state index contributed by atoms with van der Waals surface area (Å²) in [4.78, 5) is 51.6. The van der Waals surface area contributed by atoms with E-state index < -0.39 is 34.3 Å². The minimum atomic E-state index is -1.64. The molecule has 13 nitrogen and oxygen atoms in total. The number of anilines is 1. The van der Waals surface area contributed by atoms with Crippen molar-refractivity contribution in [1.29, 1.82) is 0 Å². The van der Waals surface area contributed by atoms with Crippen LogP contribution in [-0.4, -0.2) is 43.6 Å². The van der Waals surface area contributed by atoms with Crippen LogP contribution >= 0.6 is 35.8 Å². The molecule has 0 spiro atoms. The van der Waals surface area contributed by atoms with Crippen molar-refractivity contribution in [1.82, 2.24) is 21.0 Å². The lowest BCUT2D eigenvalue weighted by Crippen LogP contribution is -2.59. The molecule has 2 aromatic rings. The van der Waals surface area contributed by atoms with Crippen molar-refractivity contribution in [2.75, 3.05) is 5.32 Å². The molecule has 0 aliphatic carbocycles. The highest BCUT2D eigenvalue weighted by molar-refractivity contribution is 7.80. The van der Waals surface area contributed by atoms with Gasteiger partial charge in [-0.25, -0.2) is 4.98 Å². The van der Waals surface area contributed by atoms with Crippen molar-refractivity contribution >= 4 is 90.5 Å². The molecule has 1 aromatic heterocycles. The third-order valence-corrected chi connectivity index (χ3v) is 4.82. The molecule has 1 aliphatic rings. The zero-order valence-electron chi connectivity index (χ0n) is 14.5. The summed E-state index contributed by atoms with van der Waals surface area (Å²) >= 11 is 10.3. The van der Waals surface area contributed by atoms with E-state index in [1.807, 2.05) is 0 Å². The van der Waals surface area contributed by atoms with Gasteiger partial charge in [0.1, 0.15) is 5.71 Å². The van der Waals surface area contributed by atoms with Crippen LogP contribution in [0.3, 0.4) is 0 Å². The number of thiocarbonyl (C=S) groups is 2. The van der Waals surface area contributed by atoms with Gasteiger partial charge in [0.25, 0.3) is 11.6 Å². The van der Waals surface area contributed by atoms with Gasteiger partial charge in [-0.05, 0) is 30.5 Å². The number of carbonyl (C=O) groups is 3. The van der Waals surface area contributed by atoms with Crippen molar-refractivity contribution in [2.45, 2.75) is 0 Å². The maximum atomic E-state index is 12.7. The normalized spacial score (nSPS) is 14.8. The summed E-state index contributed by atoms with van der Waals surface area (Å²) in [6.45, 7) is 0. The van der Waals surface area contributed by atoms with Crippen LogP contribution in [0.5, 0.6) is 0 Å². The summed E-state index contributed by atoms with van der Waals surface area (Å²) in [5.41, 5.74) is 7.17. The fraction of sp³-hybridized carbons (Fsp3) is 0.0714. The van der Waals surface area contributed by atoms with E-state index in [1.54, 1.807) is 0 Å². The zero-order chi connectivity index (χ0) is 22.0. The van der Waals surface area contributed by atoms with Gasteiger partial charge in [0, 0.05) is 12.1 Å². The predicted molar refractivity (Wildman–Crippen MR) is 115 cm³/mol. The van der Waals surface area contributed by atoms with Gasteiger partial charge in [0.05, 0.1) is 15.1 Å². The molecule has 1 aromatic carbocycles. The quantitative estimate of drug-likeness (QED) is 0.126. The second kappa shape index (κ2) is 8.39. The fourth-order valence-electron chi connectivity index (χ4n) is 2.37. The van der Waals surface area contributed by atoms with E-state index in [4.69, 9.17) is 18.0 Å². The van der Waals surface area contributed by atoms with Crippen LogP contribution in [-0.2, 0) is 14.4 Å². The van der Waals surface area contributed by atoms with Crippen LogP contribution in [0.2, 0.25) is 0 Å². The number of thiazole rings is 1. The van der Waals surface area contributed by atoms with E-state index in [0.29, 0.717) is 10.2 Å². The first kappa shape index (κ1) is 21.1. The molecule has 16 heteroatoms. The van der Waals surface area contributed by atoms with Crippen molar-refractivity contribution in [3.8, 4) is 0 Å². The van der Waals surface area contributed by atoms with E-state index in [2.05, 4.69) is 43.7 Å². The van der Waals surface area contributed by atoms with Crippen LogP contribution in [0.15, 0.2) is 23.3 Å². The number of nitro benzene ring substituents is 1. The molecule has 154 valence electrons. The SMILES string of the molecule is NC(=S)N/N=C(/C(=O)Nc1nc2ccc([N+](=O)[O-])cc2s1)C1C(=O)NC(=S)NC1=O. The molecular formula is C14H10N8O5S3. The van der Waals surface area contributed by atoms with Crippen LogP contribution in [0.4, 0.5) is 10.8 Å². The molecule has 0 radical (unpaired) electrons. The molecule has 1 aliphatic heterocycles. The second-order valence-corrected chi connectivity index (χ2v) is 7.47. The van der Waals surface area contributed by atoms with Gasteiger partial charge in [-0.15, -0.1) is 0 Å². The summed E-state index contributed by atoms with van der Waals surface area (Å²) in [5.74, 6) is -4.34. The Labute approximate surface area is 181 Å². The largest absolute Gasteiger partial charge is 0.375 e. The monoisotopic (exact) mass is 466 g/mol. The molecule has 1 fully saturated rings. The summed E-state index contributed by atoms with van der Waals surface area (Å²) < 4.78 is 0.442. The van der Waals surface area contributed by atoms with Crippen molar-refractivity contribution in [3.63, 3.8) is 0 Å². The highest BCUT2D eigenvalue weighted by Gasteiger charge is 2.40. The average molecular weight is 466 g/mol. The maximum absolute atomic E-state index is 12.7. The highest BCUT2D eigenvalue weighted by Crippen LogP contribution is 2.29. The molecule has 30 heavy (non-hydrogen) atoms. The number of aromatic nitrogens is 1. The van der Waals surface area contributed by atoms with Crippen LogP contribution in [0.1, 0.15) is 0 Å². The van der Waals surface area contributed by atoms with Gasteiger partial charge in [-0.1, -0.05) is 11.3 Å². The molecule has 0 unspecified atom stereocenters. The number of amides is 3. The molecule has 0 atom stereocenters. The number of nitrogens with one attached hydrogen (secondary N) is 4. The molecule has 3 amide bonds. The molecule has 3 rings (SSSR count). The first-order valence-electron chi connectivity index (χ1n) is 7.80. The fourth-order valence-corrected chi connectivity index (χ4v) is 3.51. The van der Waals surface area contributed by atoms with E-state index >= 15 is 0 Å². The number of carbonyl (C=O) groups excluding carboxylic acids is 3. The van der Waals surface area contributed by atoms with Gasteiger partial charge in [0.15, 0.2) is 21.3 Å². The summed E-state index contributed by atoms with van der Waals surface area (Å²) in [6.07, 6.45) is 0. The summed E-state index contributed by atoms with van der Waals surface area (Å²) in [6, 6.07) is 3.99. The molecule has 0 bridgehead atoms. The van der Waals surface area contributed by atoms with Crippen molar-refractivity contribution in [2.24, 2.45) is 16.8 Å². The van der Waals surface area contributed by atoms with Gasteiger partial charge in [-0.2, -0.15) is 5.10 Å². The standard InChI is InChI=1S/C14H10N8O5S3/c15-12(28)21-20-8(7-9(23)17-13(29)18-10(7)24)11(25)19-14-16-5-2-1-4(22(26)27)3-6(5)30-14/h1-3,7H,(H3,15,21,28)(H,16,19,25)(H2,17,18,23,24,29)/b20-8+. The minimum Gasteiger partial charge on any atom is -0.375 e. The highest BCUT2D eigenvalue weighted by atomic mass is 32.1. The first-order valence-corrected chi connectivity index (χ1v) is 9.44. The molecule has 0 saturated carbocycles. The number of nitro groups is 1. The van der Waals surface area contributed by atoms with Gasteiger partial charge in [0.2, 0.25) is 11.8 Å². The number of benzene rings is 1. The number of hydrogen-bond acceptors (Lipinski definition) is 10. The number of non-ortho nitro benzene ring substituents is 1. The van der Waals surface area contributed by atoms with Crippen molar-refractivity contribution in [3.05, 3.63) is 28.3 Å². The number of rotatable bonds is 5. The van der Waals surface area contributed by atoms with Gasteiger partial charge in [-0.3, -0.25) is 35.2 Å². The third-order valence-electron chi connectivity index (χ3n) is 3.59. The van der Waals surface area contributed by atoms with Gasteiger partial charge >= 0.3 is 0 Å². The minimum absolute atomic E-state index is 0.0608. The molecule has 6 N–H and O–H groups in total. The average Bonchev–Trinajstić information content (AvgIpc) is 3.04. The Kier molecular flexibility index (Phi) is 5.90. The lowest BCUT2D eigenvalue weighted by molar-refractivity contribution is -0.384. The third kappa shape index (κ3) is 4.50. The van der Waals surface area contributed by atoms with E-state index in [9.17, 15) is 24.5 Å². The van der Waals surface area contributed by atoms with Crippen LogP contribution < -0.4 is 27.1 Å². The van der Waals surface area contributed by atoms with Gasteiger partial charge < -0.3 is 16.4 Å². The lowest BCUT2D eigenvalue weighted by atomic mass is 9.99.